The fourth-order valence-corrected chi connectivity index (χ4v) is 2.41. The molecule has 0 bridgehead atoms. The topological polar surface area (TPSA) is 70.4 Å². The van der Waals surface area contributed by atoms with Crippen LogP contribution < -0.4 is 16.0 Å². The Bertz CT molecular complexity index is 685. The van der Waals surface area contributed by atoms with Crippen LogP contribution in [0.5, 0.6) is 0 Å². The number of carbonyl (C=O) groups excluding carboxylic acids is 1. The molecule has 0 unspecified atom stereocenters. The van der Waals surface area contributed by atoms with Crippen molar-refractivity contribution in [3.05, 3.63) is 59.9 Å². The van der Waals surface area contributed by atoms with Crippen LogP contribution in [0.1, 0.15) is 29.8 Å². The zero-order chi connectivity index (χ0) is 17.9. The molecule has 0 aliphatic rings. The lowest BCUT2D eigenvalue weighted by Gasteiger charge is -2.12. The van der Waals surface area contributed by atoms with Gasteiger partial charge in [-0.25, -0.2) is 4.99 Å². The minimum atomic E-state index is -0.0508. The summed E-state index contributed by atoms with van der Waals surface area (Å²) >= 11 is 0. The first-order chi connectivity index (χ1) is 12.2. The van der Waals surface area contributed by atoms with Crippen molar-refractivity contribution >= 4 is 35.8 Å². The van der Waals surface area contributed by atoms with Crippen molar-refractivity contribution < 1.29 is 4.79 Å². The minimum absolute atomic E-state index is 0. The van der Waals surface area contributed by atoms with Gasteiger partial charge in [0.15, 0.2) is 5.96 Å². The molecule has 0 atom stereocenters. The molecule has 0 spiro atoms. The van der Waals surface area contributed by atoms with Crippen molar-refractivity contribution in [1.82, 2.24) is 20.5 Å². The van der Waals surface area contributed by atoms with Crippen molar-refractivity contribution in [3.8, 4) is 0 Å². The Morgan fingerprint density at radius 1 is 1.04 bits per heavy atom. The molecule has 2 aromatic rings. The quantitative estimate of drug-likeness (QED) is 0.316. The van der Waals surface area contributed by atoms with Crippen LogP contribution in [0.4, 0.5) is 0 Å². The third kappa shape index (κ3) is 7.47. The number of carbonyl (C=O) groups is 1. The smallest absolute Gasteiger partial charge is 0.251 e. The summed E-state index contributed by atoms with van der Waals surface area (Å²) < 4.78 is 2.12. The van der Waals surface area contributed by atoms with Crippen molar-refractivity contribution in [2.45, 2.75) is 26.9 Å². The molecule has 1 heterocycles. The van der Waals surface area contributed by atoms with Crippen LogP contribution in [0.3, 0.4) is 0 Å². The number of hydrogen-bond acceptors (Lipinski definition) is 2. The van der Waals surface area contributed by atoms with Gasteiger partial charge in [-0.15, -0.1) is 24.0 Å². The van der Waals surface area contributed by atoms with Gasteiger partial charge in [-0.3, -0.25) is 4.79 Å². The van der Waals surface area contributed by atoms with Gasteiger partial charge in [0.25, 0.3) is 5.91 Å². The van der Waals surface area contributed by atoms with Gasteiger partial charge in [-0.05, 0) is 43.7 Å². The van der Waals surface area contributed by atoms with Crippen LogP contribution in [0.15, 0.2) is 53.8 Å². The minimum Gasteiger partial charge on any atom is -0.357 e. The zero-order valence-corrected chi connectivity index (χ0v) is 17.7. The number of nitrogens with one attached hydrogen (secondary N) is 3. The Balaban J connectivity index is 0.00000338. The van der Waals surface area contributed by atoms with Gasteiger partial charge in [-0.2, -0.15) is 0 Å². The highest BCUT2D eigenvalue weighted by Gasteiger charge is 2.04. The zero-order valence-electron chi connectivity index (χ0n) is 15.4. The highest BCUT2D eigenvalue weighted by atomic mass is 127. The van der Waals surface area contributed by atoms with Gasteiger partial charge in [-0.1, -0.05) is 12.1 Å². The molecule has 3 N–H and O–H groups in total. The predicted octanol–water partition coefficient (Wildman–Crippen LogP) is 2.61. The molecule has 1 aromatic carbocycles. The van der Waals surface area contributed by atoms with E-state index in [1.165, 1.54) is 0 Å². The predicted molar refractivity (Wildman–Crippen MR) is 117 cm³/mol. The lowest BCUT2D eigenvalue weighted by molar-refractivity contribution is 0.0955. The van der Waals surface area contributed by atoms with E-state index in [1.54, 1.807) is 0 Å². The maximum absolute atomic E-state index is 11.9. The standard InChI is InChI=1S/C19H27N5O.HI/c1-3-20-18(25)17-9-7-8-16(14-17)15-23-19(21-4-2)22-10-13-24-11-5-6-12-24;/h5-9,11-12,14H,3-4,10,13,15H2,1-2H3,(H,20,25)(H2,21,22,23);1H. The first-order valence-corrected chi connectivity index (χ1v) is 8.73. The Morgan fingerprint density at radius 3 is 2.46 bits per heavy atom. The lowest BCUT2D eigenvalue weighted by atomic mass is 10.1. The monoisotopic (exact) mass is 469 g/mol. The van der Waals surface area contributed by atoms with Crippen LogP contribution in [0.2, 0.25) is 0 Å². The van der Waals surface area contributed by atoms with E-state index in [9.17, 15) is 4.79 Å². The second-order valence-corrected chi connectivity index (χ2v) is 5.60. The fraction of sp³-hybridized carbons (Fsp3) is 0.368. The van der Waals surface area contributed by atoms with Crippen LogP contribution in [-0.2, 0) is 13.1 Å². The number of aromatic nitrogens is 1. The summed E-state index contributed by atoms with van der Waals surface area (Å²) in [5.41, 5.74) is 1.67. The molecule has 2 rings (SSSR count). The molecule has 1 amide bonds. The molecule has 0 radical (unpaired) electrons. The number of amides is 1. The molecule has 0 saturated heterocycles. The number of aliphatic imine (C=N–C) groups is 1. The van der Waals surface area contributed by atoms with E-state index >= 15 is 0 Å². The van der Waals surface area contributed by atoms with E-state index in [2.05, 4.69) is 25.5 Å². The Kier molecular flexibility index (Phi) is 10.5. The molecule has 6 nitrogen and oxygen atoms in total. The third-order valence-corrected chi connectivity index (χ3v) is 3.62. The molecule has 0 aliphatic heterocycles. The van der Waals surface area contributed by atoms with Crippen molar-refractivity contribution in [2.75, 3.05) is 19.6 Å². The Hall–Kier alpha value is -2.03. The van der Waals surface area contributed by atoms with Gasteiger partial charge in [0.2, 0.25) is 0 Å². The number of guanidine groups is 1. The fourth-order valence-electron chi connectivity index (χ4n) is 2.41. The van der Waals surface area contributed by atoms with Crippen LogP contribution >= 0.6 is 24.0 Å². The number of hydrogen-bond donors (Lipinski definition) is 3. The summed E-state index contributed by atoms with van der Waals surface area (Å²) in [7, 11) is 0. The second kappa shape index (κ2) is 12.3. The molecule has 0 fully saturated rings. The van der Waals surface area contributed by atoms with E-state index in [1.807, 2.05) is 62.6 Å². The number of rotatable bonds is 8. The summed E-state index contributed by atoms with van der Waals surface area (Å²) in [6, 6.07) is 11.6. The van der Waals surface area contributed by atoms with Gasteiger partial charge in [0.1, 0.15) is 0 Å². The second-order valence-electron chi connectivity index (χ2n) is 5.60. The normalized spacial score (nSPS) is 10.8. The van der Waals surface area contributed by atoms with E-state index in [-0.39, 0.29) is 29.9 Å². The SMILES string of the molecule is CCNC(=O)c1cccc(CN=C(NCC)NCCn2cccc2)c1.I. The highest BCUT2D eigenvalue weighted by molar-refractivity contribution is 14.0. The van der Waals surface area contributed by atoms with E-state index in [0.29, 0.717) is 18.7 Å². The first kappa shape index (κ1) is 22.0. The van der Waals surface area contributed by atoms with Crippen molar-refractivity contribution in [2.24, 2.45) is 4.99 Å². The lowest BCUT2D eigenvalue weighted by Crippen LogP contribution is -2.38. The maximum atomic E-state index is 11.9. The first-order valence-electron chi connectivity index (χ1n) is 8.73. The molecule has 0 saturated carbocycles. The molecule has 1 aromatic heterocycles. The molecular weight excluding hydrogens is 441 g/mol. The van der Waals surface area contributed by atoms with Gasteiger partial charge in [0.05, 0.1) is 6.54 Å². The third-order valence-electron chi connectivity index (χ3n) is 3.62. The average molecular weight is 469 g/mol. The van der Waals surface area contributed by atoms with Crippen LogP contribution in [-0.4, -0.2) is 36.1 Å². The summed E-state index contributed by atoms with van der Waals surface area (Å²) in [4.78, 5) is 16.5. The van der Waals surface area contributed by atoms with E-state index < -0.39 is 0 Å². The number of nitrogens with zero attached hydrogens (tertiary/aromatic N) is 2. The average Bonchev–Trinajstić information content (AvgIpc) is 3.13. The van der Waals surface area contributed by atoms with Crippen molar-refractivity contribution in [3.63, 3.8) is 0 Å². The number of halogens is 1. The van der Waals surface area contributed by atoms with Gasteiger partial charge >= 0.3 is 0 Å². The van der Waals surface area contributed by atoms with Crippen molar-refractivity contribution in [1.29, 1.82) is 0 Å². The number of benzene rings is 1. The molecule has 142 valence electrons. The summed E-state index contributed by atoms with van der Waals surface area (Å²) in [6.45, 7) is 7.56. The van der Waals surface area contributed by atoms with Crippen LogP contribution in [0, 0.1) is 0 Å². The largest absolute Gasteiger partial charge is 0.357 e. The Morgan fingerprint density at radius 2 is 1.77 bits per heavy atom. The molecular formula is C19H28IN5O. The highest BCUT2D eigenvalue weighted by Crippen LogP contribution is 2.06. The Labute approximate surface area is 172 Å². The summed E-state index contributed by atoms with van der Waals surface area (Å²) in [5, 5.41) is 9.38. The van der Waals surface area contributed by atoms with E-state index in [4.69, 9.17) is 0 Å². The summed E-state index contributed by atoms with van der Waals surface area (Å²) in [6.07, 6.45) is 4.08. The van der Waals surface area contributed by atoms with Gasteiger partial charge in [0, 0.05) is 44.1 Å². The van der Waals surface area contributed by atoms with Gasteiger partial charge < -0.3 is 20.5 Å². The molecule has 0 aliphatic carbocycles. The maximum Gasteiger partial charge on any atom is 0.251 e. The van der Waals surface area contributed by atoms with E-state index in [0.717, 1.165) is 31.2 Å². The van der Waals surface area contributed by atoms with Crippen LogP contribution in [0.25, 0.3) is 0 Å². The molecule has 26 heavy (non-hydrogen) atoms. The summed E-state index contributed by atoms with van der Waals surface area (Å²) in [5.74, 6) is 0.725. The molecule has 7 heteroatoms.